The molecule has 1 atom stereocenters. The highest BCUT2D eigenvalue weighted by atomic mass is 16.2. The number of aromatic nitrogens is 3. The first-order chi connectivity index (χ1) is 15.1. The van der Waals surface area contributed by atoms with E-state index in [1.165, 1.54) is 0 Å². The van der Waals surface area contributed by atoms with Crippen molar-refractivity contribution in [1.82, 2.24) is 24.3 Å². The van der Waals surface area contributed by atoms with E-state index in [1.807, 2.05) is 36.3 Å². The molecule has 1 aliphatic heterocycles. The summed E-state index contributed by atoms with van der Waals surface area (Å²) in [4.78, 5) is 37.7. The number of nitrogens with zero attached hydrogens (tertiary/aromatic N) is 5. The molecule has 0 aliphatic carbocycles. The molecule has 0 bridgehead atoms. The fourth-order valence-corrected chi connectivity index (χ4v) is 4.23. The van der Waals surface area contributed by atoms with Gasteiger partial charge in [0, 0.05) is 83.2 Å². The van der Waals surface area contributed by atoms with Crippen molar-refractivity contribution < 1.29 is 9.59 Å². The highest BCUT2D eigenvalue weighted by Crippen LogP contribution is 2.22. The summed E-state index contributed by atoms with van der Waals surface area (Å²) >= 11 is 0. The van der Waals surface area contributed by atoms with Gasteiger partial charge in [-0.25, -0.2) is 4.98 Å². The third-order valence-electron chi connectivity index (χ3n) is 6.18. The van der Waals surface area contributed by atoms with Crippen LogP contribution >= 0.6 is 0 Å². The Morgan fingerprint density at radius 3 is 2.84 bits per heavy atom. The highest BCUT2D eigenvalue weighted by molar-refractivity contribution is 5.76. The van der Waals surface area contributed by atoms with Gasteiger partial charge in [-0.3, -0.25) is 14.6 Å². The second-order valence-corrected chi connectivity index (χ2v) is 8.41. The Balaban J connectivity index is 1.38. The normalized spacial score (nSPS) is 16.3. The molecule has 3 rings (SSSR count). The molecule has 2 amide bonds. The maximum Gasteiger partial charge on any atom is 0.224 e. The quantitative estimate of drug-likeness (QED) is 0.587. The van der Waals surface area contributed by atoms with Gasteiger partial charge in [-0.05, 0) is 37.3 Å². The van der Waals surface area contributed by atoms with Crippen LogP contribution in [0.4, 0.5) is 0 Å². The van der Waals surface area contributed by atoms with E-state index in [9.17, 15) is 9.59 Å². The summed E-state index contributed by atoms with van der Waals surface area (Å²) in [6.45, 7) is 5.04. The summed E-state index contributed by atoms with van der Waals surface area (Å²) in [6, 6.07) is 5.86. The third kappa shape index (κ3) is 6.91. The van der Waals surface area contributed by atoms with Crippen LogP contribution in [0.25, 0.3) is 0 Å². The van der Waals surface area contributed by atoms with Gasteiger partial charge in [-0.2, -0.15) is 0 Å². The van der Waals surface area contributed by atoms with Crippen LogP contribution in [-0.2, 0) is 29.0 Å². The number of carbonyl (C=O) groups excluding carboxylic acids is 2. The van der Waals surface area contributed by atoms with Crippen molar-refractivity contribution in [2.24, 2.45) is 5.92 Å². The highest BCUT2D eigenvalue weighted by Gasteiger charge is 2.24. The van der Waals surface area contributed by atoms with Crippen LogP contribution in [0.2, 0.25) is 0 Å². The zero-order valence-corrected chi connectivity index (χ0v) is 18.9. The summed E-state index contributed by atoms with van der Waals surface area (Å²) in [6.07, 6.45) is 11.2. The lowest BCUT2D eigenvalue weighted by Gasteiger charge is -2.33. The van der Waals surface area contributed by atoms with Crippen molar-refractivity contribution >= 4 is 11.8 Å². The van der Waals surface area contributed by atoms with Gasteiger partial charge in [0.2, 0.25) is 11.8 Å². The molecule has 2 aromatic rings. The van der Waals surface area contributed by atoms with Crippen LogP contribution < -0.4 is 0 Å². The number of imidazole rings is 1. The Hall–Kier alpha value is -2.70. The predicted molar refractivity (Wildman–Crippen MR) is 120 cm³/mol. The smallest absolute Gasteiger partial charge is 0.224 e. The first kappa shape index (κ1) is 23.0. The molecular weight excluding hydrogens is 390 g/mol. The largest absolute Gasteiger partial charge is 0.345 e. The monoisotopic (exact) mass is 425 g/mol. The molecule has 7 nitrogen and oxygen atoms in total. The van der Waals surface area contributed by atoms with Gasteiger partial charge in [-0.15, -0.1) is 0 Å². The average Bonchev–Trinajstić information content (AvgIpc) is 3.28. The van der Waals surface area contributed by atoms with Crippen LogP contribution in [0.15, 0.2) is 36.8 Å². The van der Waals surface area contributed by atoms with Crippen molar-refractivity contribution in [1.29, 1.82) is 0 Å². The number of amides is 2. The van der Waals surface area contributed by atoms with Crippen LogP contribution in [0, 0.1) is 5.92 Å². The Bertz CT molecular complexity index is 836. The van der Waals surface area contributed by atoms with E-state index in [0.29, 0.717) is 31.8 Å². The first-order valence-electron chi connectivity index (χ1n) is 11.5. The second kappa shape index (κ2) is 11.6. The maximum atomic E-state index is 12.7. The molecule has 0 N–H and O–H groups in total. The van der Waals surface area contributed by atoms with E-state index in [-0.39, 0.29) is 11.8 Å². The van der Waals surface area contributed by atoms with Crippen molar-refractivity contribution in [3.8, 4) is 0 Å². The standard InChI is InChI=1S/C24H35N5O2/c1-3-22-26-14-18-28(22)17-12-24(31)29-15-6-7-20(19-29)9-10-23(30)27(2)16-11-21-8-4-5-13-25-21/h4-5,8,13-14,18,20H,3,6-7,9-12,15-17,19H2,1-2H3/t20-/m1/s1. The fourth-order valence-electron chi connectivity index (χ4n) is 4.23. The minimum Gasteiger partial charge on any atom is -0.345 e. The molecule has 168 valence electrons. The molecular formula is C24H35N5O2. The van der Waals surface area contributed by atoms with E-state index in [1.54, 1.807) is 17.3 Å². The number of hydrogen-bond acceptors (Lipinski definition) is 4. The molecule has 3 heterocycles. The van der Waals surface area contributed by atoms with E-state index < -0.39 is 0 Å². The number of aryl methyl sites for hydroxylation is 2. The summed E-state index contributed by atoms with van der Waals surface area (Å²) in [7, 11) is 1.86. The van der Waals surface area contributed by atoms with Crippen LogP contribution in [0.3, 0.4) is 0 Å². The summed E-state index contributed by atoms with van der Waals surface area (Å²) < 4.78 is 2.07. The van der Waals surface area contributed by atoms with Crippen LogP contribution in [0.1, 0.15) is 50.5 Å². The molecule has 1 fully saturated rings. The molecule has 31 heavy (non-hydrogen) atoms. The maximum absolute atomic E-state index is 12.7. The van der Waals surface area contributed by atoms with Gasteiger partial charge in [0.1, 0.15) is 5.82 Å². The van der Waals surface area contributed by atoms with Crippen molar-refractivity contribution in [2.45, 2.75) is 58.4 Å². The van der Waals surface area contributed by atoms with Gasteiger partial charge in [-0.1, -0.05) is 13.0 Å². The number of rotatable bonds is 10. The van der Waals surface area contributed by atoms with E-state index >= 15 is 0 Å². The van der Waals surface area contributed by atoms with Crippen molar-refractivity contribution in [3.63, 3.8) is 0 Å². The number of likely N-dealkylation sites (tertiary alicyclic amines) is 1. The minimum absolute atomic E-state index is 0.173. The number of pyridine rings is 1. The van der Waals surface area contributed by atoms with Crippen molar-refractivity contribution in [2.75, 3.05) is 26.7 Å². The summed E-state index contributed by atoms with van der Waals surface area (Å²) in [5, 5.41) is 0. The fraction of sp³-hybridized carbons (Fsp3) is 0.583. The number of hydrogen-bond donors (Lipinski definition) is 0. The zero-order valence-electron chi connectivity index (χ0n) is 18.9. The molecule has 7 heteroatoms. The third-order valence-corrected chi connectivity index (χ3v) is 6.18. The van der Waals surface area contributed by atoms with Gasteiger partial charge in [0.15, 0.2) is 0 Å². The molecule has 1 aliphatic rings. The lowest BCUT2D eigenvalue weighted by atomic mass is 9.93. The van der Waals surface area contributed by atoms with Gasteiger partial charge in [0.25, 0.3) is 0 Å². The van der Waals surface area contributed by atoms with Gasteiger partial charge in [0.05, 0.1) is 0 Å². The second-order valence-electron chi connectivity index (χ2n) is 8.41. The molecule has 1 saturated heterocycles. The van der Waals surface area contributed by atoms with E-state index in [0.717, 1.165) is 56.7 Å². The molecule has 0 unspecified atom stereocenters. The van der Waals surface area contributed by atoms with Gasteiger partial charge >= 0.3 is 0 Å². The van der Waals surface area contributed by atoms with Gasteiger partial charge < -0.3 is 14.4 Å². The van der Waals surface area contributed by atoms with E-state index in [4.69, 9.17) is 0 Å². The SMILES string of the molecule is CCc1nccn1CCC(=O)N1CCC[C@H](CCC(=O)N(C)CCc2ccccn2)C1. The Kier molecular flexibility index (Phi) is 8.62. The number of likely N-dealkylation sites (N-methyl/N-ethyl adjacent to an activating group) is 1. The molecule has 0 aromatic carbocycles. The Morgan fingerprint density at radius 1 is 1.19 bits per heavy atom. The zero-order chi connectivity index (χ0) is 22.1. The van der Waals surface area contributed by atoms with Crippen LogP contribution in [-0.4, -0.2) is 62.8 Å². The molecule has 0 radical (unpaired) electrons. The first-order valence-corrected chi connectivity index (χ1v) is 11.5. The van der Waals surface area contributed by atoms with Crippen molar-refractivity contribution in [3.05, 3.63) is 48.3 Å². The Morgan fingerprint density at radius 2 is 2.06 bits per heavy atom. The lowest BCUT2D eigenvalue weighted by Crippen LogP contribution is -2.40. The topological polar surface area (TPSA) is 71.3 Å². The number of piperidine rings is 1. The predicted octanol–water partition coefficient (Wildman–Crippen LogP) is 2.95. The lowest BCUT2D eigenvalue weighted by molar-refractivity contribution is -0.133. The Labute approximate surface area is 185 Å². The minimum atomic E-state index is 0.173. The molecule has 0 saturated carbocycles. The molecule has 2 aromatic heterocycles. The summed E-state index contributed by atoms with van der Waals surface area (Å²) in [5.41, 5.74) is 1.00. The number of carbonyl (C=O) groups is 2. The van der Waals surface area contributed by atoms with Crippen LogP contribution in [0.5, 0.6) is 0 Å². The van der Waals surface area contributed by atoms with E-state index in [2.05, 4.69) is 21.5 Å². The summed E-state index contributed by atoms with van der Waals surface area (Å²) in [5.74, 6) is 1.81. The average molecular weight is 426 g/mol. The molecule has 0 spiro atoms.